The Morgan fingerprint density at radius 3 is 2.43 bits per heavy atom. The van der Waals surface area contributed by atoms with E-state index in [0.717, 1.165) is 31.7 Å². The SMILES string of the molecule is CC(C)N1c2cccc(C(F)(F)F)c2NCC12CCCC2. The van der Waals surface area contributed by atoms with E-state index in [2.05, 4.69) is 24.1 Å². The number of anilines is 2. The Morgan fingerprint density at radius 1 is 1.19 bits per heavy atom. The van der Waals surface area contributed by atoms with Gasteiger partial charge in [-0.2, -0.15) is 13.2 Å². The molecule has 0 bridgehead atoms. The van der Waals surface area contributed by atoms with Gasteiger partial charge in [0.1, 0.15) is 0 Å². The number of benzene rings is 1. The average Bonchev–Trinajstić information content (AvgIpc) is 2.85. The van der Waals surface area contributed by atoms with E-state index in [9.17, 15) is 13.2 Å². The van der Waals surface area contributed by atoms with Crippen molar-refractivity contribution >= 4 is 11.4 Å². The number of nitrogens with zero attached hydrogens (tertiary/aromatic N) is 1. The largest absolute Gasteiger partial charge is 0.418 e. The number of hydrogen-bond donors (Lipinski definition) is 1. The molecule has 1 aliphatic carbocycles. The van der Waals surface area contributed by atoms with Crippen LogP contribution in [0.25, 0.3) is 0 Å². The molecule has 21 heavy (non-hydrogen) atoms. The Kier molecular flexibility index (Phi) is 3.34. The summed E-state index contributed by atoms with van der Waals surface area (Å²) in [5.74, 6) is 0. The van der Waals surface area contributed by atoms with Crippen molar-refractivity contribution in [2.45, 2.75) is 57.3 Å². The molecule has 1 aliphatic heterocycles. The summed E-state index contributed by atoms with van der Waals surface area (Å²) in [5.41, 5.74) is 0.369. The summed E-state index contributed by atoms with van der Waals surface area (Å²) in [6, 6.07) is 4.69. The molecule has 0 aromatic heterocycles. The minimum Gasteiger partial charge on any atom is -0.381 e. The van der Waals surface area contributed by atoms with Crippen LogP contribution in [0, 0.1) is 0 Å². The van der Waals surface area contributed by atoms with Crippen molar-refractivity contribution in [2.24, 2.45) is 0 Å². The highest BCUT2D eigenvalue weighted by atomic mass is 19.4. The molecule has 116 valence electrons. The third kappa shape index (κ3) is 2.27. The van der Waals surface area contributed by atoms with Crippen molar-refractivity contribution in [3.8, 4) is 0 Å². The first-order valence-corrected chi connectivity index (χ1v) is 7.59. The normalized spacial score (nSPS) is 20.8. The number of nitrogens with one attached hydrogen (secondary N) is 1. The van der Waals surface area contributed by atoms with Crippen LogP contribution in [-0.2, 0) is 6.18 Å². The fourth-order valence-electron chi connectivity index (χ4n) is 4.03. The van der Waals surface area contributed by atoms with Crippen LogP contribution in [-0.4, -0.2) is 18.1 Å². The first kappa shape index (κ1) is 14.5. The van der Waals surface area contributed by atoms with Crippen molar-refractivity contribution in [2.75, 3.05) is 16.8 Å². The van der Waals surface area contributed by atoms with Gasteiger partial charge in [-0.05, 0) is 38.8 Å². The molecule has 1 fully saturated rings. The summed E-state index contributed by atoms with van der Waals surface area (Å²) in [4.78, 5) is 2.22. The zero-order chi connectivity index (χ0) is 15.3. The van der Waals surface area contributed by atoms with Crippen LogP contribution in [0.3, 0.4) is 0 Å². The molecular weight excluding hydrogens is 277 g/mol. The topological polar surface area (TPSA) is 15.3 Å². The second kappa shape index (κ2) is 4.82. The molecular formula is C16H21F3N2. The molecule has 1 saturated carbocycles. The molecule has 0 unspecified atom stereocenters. The van der Waals surface area contributed by atoms with Crippen molar-refractivity contribution in [1.82, 2.24) is 0 Å². The van der Waals surface area contributed by atoms with Crippen LogP contribution in [0.4, 0.5) is 24.5 Å². The van der Waals surface area contributed by atoms with Gasteiger partial charge in [-0.1, -0.05) is 18.9 Å². The summed E-state index contributed by atoms with van der Waals surface area (Å²) in [7, 11) is 0. The highest BCUT2D eigenvalue weighted by molar-refractivity contribution is 5.78. The van der Waals surface area contributed by atoms with Gasteiger partial charge in [0.05, 0.1) is 22.5 Å². The minimum absolute atomic E-state index is 0.0224. The molecule has 1 spiro atoms. The first-order chi connectivity index (χ1) is 9.85. The van der Waals surface area contributed by atoms with Crippen LogP contribution in [0.1, 0.15) is 45.1 Å². The molecule has 0 amide bonds. The molecule has 2 nitrogen and oxygen atoms in total. The number of para-hydroxylation sites is 1. The van der Waals surface area contributed by atoms with Gasteiger partial charge in [0.15, 0.2) is 0 Å². The van der Waals surface area contributed by atoms with Crippen molar-refractivity contribution < 1.29 is 13.2 Å². The molecule has 5 heteroatoms. The lowest BCUT2D eigenvalue weighted by molar-refractivity contribution is -0.137. The van der Waals surface area contributed by atoms with E-state index in [4.69, 9.17) is 0 Å². The standard InChI is InChI=1S/C16H21F3N2/c1-11(2)21-13-7-5-6-12(16(17,18)19)14(13)20-10-15(21)8-3-4-9-15/h5-7,11,20H,3-4,8-10H2,1-2H3. The lowest BCUT2D eigenvalue weighted by Crippen LogP contribution is -2.57. The highest BCUT2D eigenvalue weighted by Gasteiger charge is 2.46. The van der Waals surface area contributed by atoms with Gasteiger partial charge in [-0.3, -0.25) is 0 Å². The van der Waals surface area contributed by atoms with Crippen LogP contribution in [0.15, 0.2) is 18.2 Å². The summed E-state index contributed by atoms with van der Waals surface area (Å²) >= 11 is 0. The van der Waals surface area contributed by atoms with Gasteiger partial charge < -0.3 is 10.2 Å². The highest BCUT2D eigenvalue weighted by Crippen LogP contribution is 2.49. The van der Waals surface area contributed by atoms with Gasteiger partial charge >= 0.3 is 6.18 Å². The number of rotatable bonds is 1. The fraction of sp³-hybridized carbons (Fsp3) is 0.625. The second-order valence-electron chi connectivity index (χ2n) is 6.45. The van der Waals surface area contributed by atoms with E-state index in [-0.39, 0.29) is 17.3 Å². The van der Waals surface area contributed by atoms with Crippen molar-refractivity contribution in [3.05, 3.63) is 23.8 Å². The molecule has 2 aliphatic rings. The summed E-state index contributed by atoms with van der Waals surface area (Å²) < 4.78 is 39.6. The fourth-order valence-corrected chi connectivity index (χ4v) is 4.03. The van der Waals surface area contributed by atoms with Crippen LogP contribution in [0.2, 0.25) is 0 Å². The van der Waals surface area contributed by atoms with E-state index in [1.54, 1.807) is 0 Å². The van der Waals surface area contributed by atoms with E-state index >= 15 is 0 Å². The maximum absolute atomic E-state index is 13.2. The molecule has 0 atom stereocenters. The van der Waals surface area contributed by atoms with Crippen molar-refractivity contribution in [1.29, 1.82) is 0 Å². The third-order valence-electron chi connectivity index (χ3n) is 4.76. The van der Waals surface area contributed by atoms with Gasteiger partial charge in [-0.15, -0.1) is 0 Å². The summed E-state index contributed by atoms with van der Waals surface area (Å²) in [6.45, 7) is 4.73. The van der Waals surface area contributed by atoms with Crippen molar-refractivity contribution in [3.63, 3.8) is 0 Å². The molecule has 1 aromatic rings. The summed E-state index contributed by atoms with van der Waals surface area (Å²) in [6.07, 6.45) is 0.0846. The Balaban J connectivity index is 2.12. The molecule has 3 rings (SSSR count). The maximum Gasteiger partial charge on any atom is 0.418 e. The average molecular weight is 298 g/mol. The lowest BCUT2D eigenvalue weighted by atomic mass is 9.88. The molecule has 1 heterocycles. The quantitative estimate of drug-likeness (QED) is 0.811. The number of fused-ring (bicyclic) bond motifs is 1. The predicted octanol–water partition coefficient (Wildman–Crippen LogP) is 4.66. The Bertz CT molecular complexity index is 531. The van der Waals surface area contributed by atoms with Gasteiger partial charge in [0, 0.05) is 12.6 Å². The molecule has 1 N–H and O–H groups in total. The van der Waals surface area contributed by atoms with E-state index in [0.29, 0.717) is 12.2 Å². The Labute approximate surface area is 123 Å². The minimum atomic E-state index is -4.32. The van der Waals surface area contributed by atoms with Gasteiger partial charge in [-0.25, -0.2) is 0 Å². The van der Waals surface area contributed by atoms with Crippen LogP contribution >= 0.6 is 0 Å². The predicted molar refractivity (Wildman–Crippen MR) is 78.7 cm³/mol. The number of alkyl halides is 3. The van der Waals surface area contributed by atoms with Gasteiger partial charge in [0.25, 0.3) is 0 Å². The third-order valence-corrected chi connectivity index (χ3v) is 4.76. The van der Waals surface area contributed by atoms with E-state index in [1.165, 1.54) is 6.07 Å². The zero-order valence-electron chi connectivity index (χ0n) is 12.4. The molecule has 0 saturated heterocycles. The zero-order valence-corrected chi connectivity index (χ0v) is 12.4. The molecule has 1 aromatic carbocycles. The monoisotopic (exact) mass is 298 g/mol. The number of hydrogen-bond acceptors (Lipinski definition) is 2. The Morgan fingerprint density at radius 2 is 1.86 bits per heavy atom. The maximum atomic E-state index is 13.2. The first-order valence-electron chi connectivity index (χ1n) is 7.59. The molecule has 0 radical (unpaired) electrons. The van der Waals surface area contributed by atoms with Crippen LogP contribution < -0.4 is 10.2 Å². The van der Waals surface area contributed by atoms with Crippen LogP contribution in [0.5, 0.6) is 0 Å². The summed E-state index contributed by atoms with van der Waals surface area (Å²) in [5, 5.41) is 3.09. The van der Waals surface area contributed by atoms with Gasteiger partial charge in [0.2, 0.25) is 0 Å². The van der Waals surface area contributed by atoms with E-state index in [1.807, 2.05) is 6.07 Å². The smallest absolute Gasteiger partial charge is 0.381 e. The lowest BCUT2D eigenvalue weighted by Gasteiger charge is -2.50. The number of halogens is 3. The van der Waals surface area contributed by atoms with E-state index < -0.39 is 11.7 Å². The second-order valence-corrected chi connectivity index (χ2v) is 6.45. The Hall–Kier alpha value is -1.39.